The van der Waals surface area contributed by atoms with Crippen molar-refractivity contribution in [3.63, 3.8) is 0 Å². The zero-order chi connectivity index (χ0) is 39.8. The fourth-order valence-corrected chi connectivity index (χ4v) is 9.91. The highest BCUT2D eigenvalue weighted by atomic mass is 32.2. The fraction of sp³-hybridized carbons (Fsp3) is 0.548. The van der Waals surface area contributed by atoms with Crippen molar-refractivity contribution >= 4 is 58.7 Å². The maximum Gasteiger partial charge on any atom is 0.315 e. The molecule has 56 heavy (non-hydrogen) atoms. The lowest BCUT2D eigenvalue weighted by Crippen LogP contribution is -2.42. The van der Waals surface area contributed by atoms with E-state index < -0.39 is 5.60 Å². The van der Waals surface area contributed by atoms with Gasteiger partial charge in [-0.25, -0.2) is 4.79 Å². The third-order valence-corrected chi connectivity index (χ3v) is 13.4. The lowest BCUT2D eigenvalue weighted by molar-refractivity contribution is -0.134. The highest BCUT2D eigenvalue weighted by Gasteiger charge is 2.42. The molecule has 3 fully saturated rings. The summed E-state index contributed by atoms with van der Waals surface area (Å²) in [6, 6.07) is 7.75. The molecule has 2 aromatic carbocycles. The van der Waals surface area contributed by atoms with Gasteiger partial charge in [-0.1, -0.05) is 37.8 Å². The molecule has 4 N–H and O–H groups in total. The first kappa shape index (κ1) is 41.5. The number of thioether (sulfide) groups is 2. The quantitative estimate of drug-likeness (QED) is 0.0399. The van der Waals surface area contributed by atoms with E-state index in [4.69, 9.17) is 14.2 Å². The van der Waals surface area contributed by atoms with Crippen molar-refractivity contribution in [3.05, 3.63) is 57.0 Å². The minimum atomic E-state index is -0.561. The Morgan fingerprint density at radius 3 is 2.46 bits per heavy atom. The summed E-state index contributed by atoms with van der Waals surface area (Å²) in [6.07, 6.45) is 11.5. The number of nitrogens with one attached hydrogen (secondary N) is 4. The molecule has 3 saturated heterocycles. The second kappa shape index (κ2) is 18.8. The monoisotopic (exact) mass is 806 g/mol. The van der Waals surface area contributed by atoms with Gasteiger partial charge in [-0.15, -0.1) is 0 Å². The molecule has 0 radical (unpaired) electrons. The van der Waals surface area contributed by atoms with Crippen LogP contribution in [0.2, 0.25) is 0 Å². The van der Waals surface area contributed by atoms with E-state index in [-0.39, 0.29) is 41.1 Å². The van der Waals surface area contributed by atoms with Gasteiger partial charge in [0.2, 0.25) is 5.91 Å². The molecule has 4 heterocycles. The summed E-state index contributed by atoms with van der Waals surface area (Å²) >= 11 is 2.80. The van der Waals surface area contributed by atoms with Gasteiger partial charge in [0.05, 0.1) is 17.0 Å². The molecule has 302 valence electrons. The zero-order valence-electron chi connectivity index (χ0n) is 32.8. The summed E-state index contributed by atoms with van der Waals surface area (Å²) in [7, 11) is 0. The molecule has 6 rings (SSSR count). The largest absolute Gasteiger partial charge is 0.489 e. The predicted molar refractivity (Wildman–Crippen MR) is 219 cm³/mol. The maximum absolute atomic E-state index is 12.9. The van der Waals surface area contributed by atoms with Crippen molar-refractivity contribution in [1.29, 1.82) is 0 Å². The number of ether oxygens (including phenoxy) is 3. The van der Waals surface area contributed by atoms with Gasteiger partial charge in [-0.2, -0.15) is 11.8 Å². The second-order valence-corrected chi connectivity index (χ2v) is 17.8. The van der Waals surface area contributed by atoms with Crippen LogP contribution in [0, 0.1) is 20.8 Å². The number of fused-ring (bicyclic) bond motifs is 2. The van der Waals surface area contributed by atoms with Crippen molar-refractivity contribution in [2.75, 3.05) is 18.9 Å². The van der Waals surface area contributed by atoms with Crippen LogP contribution in [-0.2, 0) is 20.8 Å². The summed E-state index contributed by atoms with van der Waals surface area (Å²) in [5.74, 6) is 2.58. The number of rotatable bonds is 18. The first-order valence-electron chi connectivity index (χ1n) is 19.8. The number of hydrogen-bond acceptors (Lipinski definition) is 10. The molecule has 4 aliphatic rings. The van der Waals surface area contributed by atoms with Crippen molar-refractivity contribution < 1.29 is 38.2 Å². The lowest BCUT2D eigenvalue weighted by atomic mass is 9.87. The third kappa shape index (κ3) is 10.6. The smallest absolute Gasteiger partial charge is 0.315 e. The van der Waals surface area contributed by atoms with Crippen LogP contribution in [0.15, 0.2) is 29.2 Å². The van der Waals surface area contributed by atoms with E-state index in [1.807, 2.05) is 63.7 Å². The van der Waals surface area contributed by atoms with E-state index in [2.05, 4.69) is 21.3 Å². The van der Waals surface area contributed by atoms with Crippen LogP contribution in [0.5, 0.6) is 17.2 Å². The molecule has 0 bridgehead atoms. The highest BCUT2D eigenvalue weighted by molar-refractivity contribution is 8.18. The molecule has 14 heteroatoms. The number of carbonyl (C=O) groups excluding carboxylic acids is 5. The number of amides is 5. The van der Waals surface area contributed by atoms with E-state index in [1.165, 1.54) is 0 Å². The van der Waals surface area contributed by atoms with Crippen molar-refractivity contribution in [2.24, 2.45) is 0 Å². The molecule has 5 amide bonds. The van der Waals surface area contributed by atoms with Crippen molar-refractivity contribution in [3.8, 4) is 17.2 Å². The topological polar surface area (TPSA) is 161 Å². The van der Waals surface area contributed by atoms with E-state index in [0.717, 1.165) is 115 Å². The standard InChI is InChI=1S/C42H54N4O8S2/c1-25-26(2)38-30(19-20-42(4,54-38)24-52-29-17-15-28(16-18-29)22-33-39(49)46-41(51)56-33)27(3)37(25)53-35(48)14-8-6-5-7-11-21-43-34(47)13-10-9-12-32-36-31(23-55-32)44-40(50)45-36/h15-18,22,31-32,36H,5-14,19-21,23-24H2,1-4H3,(H,43,47)(H2,44,45,50)(H,46,49,51)/b33-22-/t31-,32-,36-,42?/m0/s1. The average Bonchev–Trinajstić information content (AvgIpc) is 3.83. The zero-order valence-corrected chi connectivity index (χ0v) is 34.4. The number of esters is 1. The average molecular weight is 807 g/mol. The molecule has 0 aromatic heterocycles. The van der Waals surface area contributed by atoms with E-state index in [1.54, 1.807) is 6.08 Å². The van der Waals surface area contributed by atoms with Crippen LogP contribution < -0.4 is 35.5 Å². The highest BCUT2D eigenvalue weighted by Crippen LogP contribution is 2.44. The Morgan fingerprint density at radius 1 is 0.946 bits per heavy atom. The molecule has 0 spiro atoms. The molecular weight excluding hydrogens is 753 g/mol. The Labute approximate surface area is 337 Å². The Morgan fingerprint density at radius 2 is 1.70 bits per heavy atom. The van der Waals surface area contributed by atoms with Crippen LogP contribution >= 0.6 is 23.5 Å². The van der Waals surface area contributed by atoms with Crippen LogP contribution in [0.25, 0.3) is 6.08 Å². The second-order valence-electron chi connectivity index (χ2n) is 15.5. The van der Waals surface area contributed by atoms with Crippen LogP contribution in [0.4, 0.5) is 9.59 Å². The van der Waals surface area contributed by atoms with Crippen molar-refractivity contribution in [2.45, 2.75) is 128 Å². The number of hydrogen-bond donors (Lipinski definition) is 4. The van der Waals surface area contributed by atoms with E-state index in [9.17, 15) is 24.0 Å². The van der Waals surface area contributed by atoms with Gasteiger partial charge in [0.15, 0.2) is 0 Å². The predicted octanol–water partition coefficient (Wildman–Crippen LogP) is 7.19. The minimum Gasteiger partial charge on any atom is -0.489 e. The van der Waals surface area contributed by atoms with Crippen molar-refractivity contribution in [1.82, 2.24) is 21.3 Å². The molecular formula is C42H54N4O8S2. The molecule has 12 nitrogen and oxygen atoms in total. The van der Waals surface area contributed by atoms with Gasteiger partial charge in [0.25, 0.3) is 11.1 Å². The number of carbonyl (C=O) groups is 5. The van der Waals surface area contributed by atoms with E-state index >= 15 is 0 Å². The first-order valence-corrected chi connectivity index (χ1v) is 21.7. The minimum absolute atomic E-state index is 0.0604. The number of urea groups is 1. The number of benzene rings is 2. The third-order valence-electron chi connectivity index (χ3n) is 11.1. The Kier molecular flexibility index (Phi) is 14.0. The summed E-state index contributed by atoms with van der Waals surface area (Å²) < 4.78 is 18.7. The van der Waals surface area contributed by atoms with Crippen LogP contribution in [0.3, 0.4) is 0 Å². The van der Waals surface area contributed by atoms with Gasteiger partial charge >= 0.3 is 12.0 Å². The molecule has 0 saturated carbocycles. The van der Waals surface area contributed by atoms with Gasteiger partial charge < -0.3 is 30.2 Å². The Hall–Kier alpha value is -4.17. The summed E-state index contributed by atoms with van der Waals surface area (Å²) in [5, 5.41) is 11.4. The summed E-state index contributed by atoms with van der Waals surface area (Å²) in [5.41, 5.74) is 4.08. The molecule has 2 aromatic rings. The van der Waals surface area contributed by atoms with Gasteiger partial charge in [-0.3, -0.25) is 24.5 Å². The lowest BCUT2D eigenvalue weighted by Gasteiger charge is -2.37. The molecule has 1 unspecified atom stereocenters. The summed E-state index contributed by atoms with van der Waals surface area (Å²) in [6.45, 7) is 9.02. The Bertz CT molecular complexity index is 1850. The molecule has 0 aliphatic carbocycles. The van der Waals surface area contributed by atoms with Crippen LogP contribution in [-0.4, -0.2) is 70.9 Å². The first-order chi connectivity index (χ1) is 26.9. The van der Waals surface area contributed by atoms with Gasteiger partial charge in [0, 0.05) is 36.0 Å². The van der Waals surface area contributed by atoms with Crippen LogP contribution in [0.1, 0.15) is 105 Å². The maximum atomic E-state index is 12.9. The summed E-state index contributed by atoms with van der Waals surface area (Å²) in [4.78, 5) is 60.4. The van der Waals surface area contributed by atoms with Gasteiger partial charge in [-0.05, 0) is 118 Å². The number of unbranched alkanes of at least 4 members (excludes halogenated alkanes) is 5. The normalized spacial score (nSPS) is 23.2. The Balaban J connectivity index is 0.857. The molecule has 4 aliphatic heterocycles. The SMILES string of the molecule is Cc1c(C)c2c(c(C)c1OC(=O)CCCCCCCNC(=O)CCCC[C@@H]1SC[C@@H]3NC(=O)N[C@@H]31)CCC(C)(COc1ccc(/C=C3\SC(=O)NC3=O)cc1)O2. The fourth-order valence-electron chi connectivity index (χ4n) is 7.68. The number of imide groups is 1. The van der Waals surface area contributed by atoms with E-state index in [0.29, 0.717) is 47.6 Å². The van der Waals surface area contributed by atoms with Gasteiger partial charge in [0.1, 0.15) is 29.5 Å². The molecule has 4 atom stereocenters.